The smallest absolute Gasteiger partial charge is 0.305 e. The van der Waals surface area contributed by atoms with Gasteiger partial charge in [-0.25, -0.2) is 4.98 Å². The fourth-order valence-corrected chi connectivity index (χ4v) is 1.16. The Bertz CT molecular complexity index is 296. The molecule has 0 fully saturated rings. The average Bonchev–Trinajstić information content (AvgIpc) is 2.52. The molecule has 0 spiro atoms. The van der Waals surface area contributed by atoms with Crippen molar-refractivity contribution >= 4 is 11.9 Å². The Balaban J connectivity index is 2.22. The Labute approximate surface area is 82.9 Å². The summed E-state index contributed by atoms with van der Waals surface area (Å²) in [5, 5.41) is 0. The second-order valence-corrected chi connectivity index (χ2v) is 2.89. The maximum Gasteiger partial charge on any atom is 0.305 e. The highest BCUT2D eigenvalue weighted by Gasteiger charge is 2.02. The molecule has 1 heterocycles. The standard InChI is InChI=1S/C9H15N3O2/c1-2-14-8(13)4-3-6-12-7-5-11-9(12)10/h5,7H,2-4,6H2,1H3,(H2,10,11). The third-order valence-corrected chi connectivity index (χ3v) is 1.83. The summed E-state index contributed by atoms with van der Waals surface area (Å²) in [5.74, 6) is 0.319. The monoisotopic (exact) mass is 197 g/mol. The predicted octanol–water partition coefficient (Wildman–Crippen LogP) is 0.809. The maximum absolute atomic E-state index is 11.0. The largest absolute Gasteiger partial charge is 0.466 e. The summed E-state index contributed by atoms with van der Waals surface area (Å²) in [6.45, 7) is 2.93. The molecule has 1 aromatic rings. The zero-order valence-corrected chi connectivity index (χ0v) is 8.27. The summed E-state index contributed by atoms with van der Waals surface area (Å²) >= 11 is 0. The minimum Gasteiger partial charge on any atom is -0.466 e. The first-order chi connectivity index (χ1) is 6.74. The lowest BCUT2D eigenvalue weighted by atomic mass is 10.3. The summed E-state index contributed by atoms with van der Waals surface area (Å²) in [4.78, 5) is 14.9. The van der Waals surface area contributed by atoms with Crippen molar-refractivity contribution in [1.29, 1.82) is 0 Å². The van der Waals surface area contributed by atoms with Gasteiger partial charge in [0.15, 0.2) is 5.95 Å². The van der Waals surface area contributed by atoms with Crippen LogP contribution in [0.25, 0.3) is 0 Å². The molecular formula is C9H15N3O2. The van der Waals surface area contributed by atoms with Gasteiger partial charge in [-0.3, -0.25) is 4.79 Å². The van der Waals surface area contributed by atoms with Crippen molar-refractivity contribution in [2.75, 3.05) is 12.3 Å². The number of carbonyl (C=O) groups is 1. The van der Waals surface area contributed by atoms with Crippen LogP contribution in [-0.2, 0) is 16.1 Å². The number of hydrogen-bond donors (Lipinski definition) is 1. The van der Waals surface area contributed by atoms with E-state index < -0.39 is 0 Å². The predicted molar refractivity (Wildman–Crippen MR) is 52.5 cm³/mol. The minimum absolute atomic E-state index is 0.161. The van der Waals surface area contributed by atoms with Crippen LogP contribution in [0.5, 0.6) is 0 Å². The summed E-state index contributed by atoms with van der Waals surface area (Å²) in [6.07, 6.45) is 4.57. The van der Waals surface area contributed by atoms with Crippen molar-refractivity contribution in [2.45, 2.75) is 26.3 Å². The third-order valence-electron chi connectivity index (χ3n) is 1.83. The number of nitrogens with zero attached hydrogens (tertiary/aromatic N) is 2. The number of nitrogen functional groups attached to an aromatic ring is 1. The number of rotatable bonds is 5. The van der Waals surface area contributed by atoms with Crippen molar-refractivity contribution in [3.8, 4) is 0 Å². The van der Waals surface area contributed by atoms with Crippen LogP contribution >= 0.6 is 0 Å². The lowest BCUT2D eigenvalue weighted by Gasteiger charge is -2.04. The van der Waals surface area contributed by atoms with Gasteiger partial charge in [0.2, 0.25) is 0 Å². The molecule has 0 radical (unpaired) electrons. The van der Waals surface area contributed by atoms with Crippen molar-refractivity contribution in [3.05, 3.63) is 12.4 Å². The van der Waals surface area contributed by atoms with Gasteiger partial charge >= 0.3 is 5.97 Å². The summed E-state index contributed by atoms with van der Waals surface area (Å²) < 4.78 is 6.60. The first-order valence-electron chi connectivity index (χ1n) is 4.66. The van der Waals surface area contributed by atoms with E-state index in [4.69, 9.17) is 10.5 Å². The molecular weight excluding hydrogens is 182 g/mol. The quantitative estimate of drug-likeness (QED) is 0.709. The zero-order chi connectivity index (χ0) is 10.4. The number of esters is 1. The van der Waals surface area contributed by atoms with Gasteiger partial charge in [-0.15, -0.1) is 0 Å². The number of hydrogen-bond acceptors (Lipinski definition) is 4. The fraction of sp³-hybridized carbons (Fsp3) is 0.556. The molecule has 0 saturated heterocycles. The van der Waals surface area contributed by atoms with E-state index in [1.165, 1.54) is 0 Å². The van der Waals surface area contributed by atoms with E-state index in [0.29, 0.717) is 25.5 Å². The highest BCUT2D eigenvalue weighted by atomic mass is 16.5. The Kier molecular flexibility index (Phi) is 3.97. The average molecular weight is 197 g/mol. The van der Waals surface area contributed by atoms with E-state index in [9.17, 15) is 4.79 Å². The second kappa shape index (κ2) is 5.26. The third kappa shape index (κ3) is 3.08. The summed E-state index contributed by atoms with van der Waals surface area (Å²) in [5.41, 5.74) is 5.55. The Hall–Kier alpha value is -1.52. The maximum atomic E-state index is 11.0. The lowest BCUT2D eigenvalue weighted by molar-refractivity contribution is -0.143. The summed E-state index contributed by atoms with van der Waals surface area (Å²) in [6, 6.07) is 0. The molecule has 1 rings (SSSR count). The number of aryl methyl sites for hydroxylation is 1. The topological polar surface area (TPSA) is 70.1 Å². The highest BCUT2D eigenvalue weighted by Crippen LogP contribution is 2.02. The van der Waals surface area contributed by atoms with Gasteiger partial charge in [0.25, 0.3) is 0 Å². The van der Waals surface area contributed by atoms with Crippen LogP contribution in [0, 0.1) is 0 Å². The molecule has 0 saturated carbocycles. The van der Waals surface area contributed by atoms with Crippen molar-refractivity contribution in [2.24, 2.45) is 0 Å². The first-order valence-corrected chi connectivity index (χ1v) is 4.66. The fourth-order valence-electron chi connectivity index (χ4n) is 1.16. The van der Waals surface area contributed by atoms with Gasteiger partial charge < -0.3 is 15.0 Å². The molecule has 0 amide bonds. The second-order valence-electron chi connectivity index (χ2n) is 2.89. The number of carbonyl (C=O) groups excluding carboxylic acids is 1. The van der Waals surface area contributed by atoms with E-state index in [1.54, 1.807) is 23.9 Å². The summed E-state index contributed by atoms with van der Waals surface area (Å²) in [7, 11) is 0. The highest BCUT2D eigenvalue weighted by molar-refractivity contribution is 5.69. The molecule has 0 bridgehead atoms. The van der Waals surface area contributed by atoms with Gasteiger partial charge in [0.05, 0.1) is 6.61 Å². The minimum atomic E-state index is -0.161. The van der Waals surface area contributed by atoms with Crippen LogP contribution in [0.4, 0.5) is 5.95 Å². The number of anilines is 1. The van der Waals surface area contributed by atoms with E-state index in [1.807, 2.05) is 0 Å². The number of imidazole rings is 1. The Morgan fingerprint density at radius 2 is 2.50 bits per heavy atom. The molecule has 0 atom stereocenters. The molecule has 0 aliphatic heterocycles. The van der Waals surface area contributed by atoms with Crippen molar-refractivity contribution in [1.82, 2.24) is 9.55 Å². The Morgan fingerprint density at radius 3 is 3.07 bits per heavy atom. The number of ether oxygens (including phenoxy) is 1. The van der Waals surface area contributed by atoms with E-state index in [2.05, 4.69) is 4.98 Å². The van der Waals surface area contributed by atoms with E-state index >= 15 is 0 Å². The van der Waals surface area contributed by atoms with Crippen molar-refractivity contribution in [3.63, 3.8) is 0 Å². The molecule has 0 aromatic carbocycles. The zero-order valence-electron chi connectivity index (χ0n) is 8.27. The normalized spacial score (nSPS) is 10.1. The molecule has 2 N–H and O–H groups in total. The van der Waals surface area contributed by atoms with Crippen LogP contribution < -0.4 is 5.73 Å². The van der Waals surface area contributed by atoms with Gasteiger partial charge in [-0.05, 0) is 13.3 Å². The van der Waals surface area contributed by atoms with E-state index in [-0.39, 0.29) is 5.97 Å². The molecule has 5 nitrogen and oxygen atoms in total. The van der Waals surface area contributed by atoms with Crippen LogP contribution in [0.2, 0.25) is 0 Å². The van der Waals surface area contributed by atoms with Gasteiger partial charge in [-0.1, -0.05) is 0 Å². The van der Waals surface area contributed by atoms with Gasteiger partial charge in [0, 0.05) is 25.4 Å². The molecule has 14 heavy (non-hydrogen) atoms. The van der Waals surface area contributed by atoms with Gasteiger partial charge in [-0.2, -0.15) is 0 Å². The number of nitrogens with two attached hydrogens (primary N) is 1. The number of aromatic nitrogens is 2. The van der Waals surface area contributed by atoms with Crippen LogP contribution in [-0.4, -0.2) is 22.1 Å². The van der Waals surface area contributed by atoms with Crippen LogP contribution in [0.1, 0.15) is 19.8 Å². The Morgan fingerprint density at radius 1 is 1.71 bits per heavy atom. The van der Waals surface area contributed by atoms with Gasteiger partial charge in [0.1, 0.15) is 0 Å². The van der Waals surface area contributed by atoms with E-state index in [0.717, 1.165) is 6.42 Å². The molecule has 0 aliphatic rings. The van der Waals surface area contributed by atoms with Crippen molar-refractivity contribution < 1.29 is 9.53 Å². The molecule has 1 aromatic heterocycles. The molecule has 0 unspecified atom stereocenters. The first kappa shape index (κ1) is 10.6. The molecule has 0 aliphatic carbocycles. The molecule has 5 heteroatoms. The molecule has 78 valence electrons. The SMILES string of the molecule is CCOC(=O)CCCn1ccnc1N. The van der Waals surface area contributed by atoms with Crippen LogP contribution in [0.15, 0.2) is 12.4 Å². The lowest BCUT2D eigenvalue weighted by Crippen LogP contribution is -2.07. The van der Waals surface area contributed by atoms with Crippen LogP contribution in [0.3, 0.4) is 0 Å².